The van der Waals surface area contributed by atoms with Crippen LogP contribution in [0, 0.1) is 5.92 Å². The molecule has 1 N–H and O–H groups in total. The first-order valence-corrected chi connectivity index (χ1v) is 10.9. The van der Waals surface area contributed by atoms with E-state index >= 15 is 0 Å². The number of ether oxygens (including phenoxy) is 1. The van der Waals surface area contributed by atoms with Gasteiger partial charge in [-0.15, -0.1) is 13.2 Å². The standard InChI is InChI=1S/C20H19F3N2O4S/c21-20(22,23)29-16-6-4-15(5-7-16)24-30(27,28)17-8-9-18-14(12-17)10-11-25(18)19(26)13-2-1-3-13/h4-9,12-13,24H,1-3,10-11H2. The molecule has 1 heterocycles. The second-order valence-electron chi connectivity index (χ2n) is 7.34. The fourth-order valence-corrected chi connectivity index (χ4v) is 4.70. The van der Waals surface area contributed by atoms with Crippen LogP contribution >= 0.6 is 0 Å². The van der Waals surface area contributed by atoms with E-state index in [1.165, 1.54) is 24.3 Å². The van der Waals surface area contributed by atoms with Crippen molar-refractivity contribution in [2.45, 2.75) is 36.9 Å². The molecule has 1 aliphatic heterocycles. The third-order valence-electron chi connectivity index (χ3n) is 5.32. The Morgan fingerprint density at radius 3 is 2.40 bits per heavy atom. The quantitative estimate of drug-likeness (QED) is 0.761. The molecule has 2 aliphatic rings. The van der Waals surface area contributed by atoms with Crippen molar-refractivity contribution in [2.24, 2.45) is 5.92 Å². The first kappa shape index (κ1) is 20.5. The number of halogens is 3. The van der Waals surface area contributed by atoms with E-state index in [2.05, 4.69) is 9.46 Å². The second kappa shape index (κ2) is 7.50. The van der Waals surface area contributed by atoms with E-state index in [0.29, 0.717) is 13.0 Å². The maximum atomic E-state index is 12.7. The van der Waals surface area contributed by atoms with Gasteiger partial charge in [0.2, 0.25) is 5.91 Å². The summed E-state index contributed by atoms with van der Waals surface area (Å²) in [6.45, 7) is 0.530. The topological polar surface area (TPSA) is 75.7 Å². The van der Waals surface area contributed by atoms with Gasteiger partial charge in [0.1, 0.15) is 5.75 Å². The molecule has 2 aromatic carbocycles. The summed E-state index contributed by atoms with van der Waals surface area (Å²) in [6, 6.07) is 9.02. The van der Waals surface area contributed by atoms with Crippen molar-refractivity contribution in [3.8, 4) is 5.75 Å². The zero-order chi connectivity index (χ0) is 21.5. The molecule has 0 saturated heterocycles. The molecule has 0 atom stereocenters. The van der Waals surface area contributed by atoms with E-state index in [9.17, 15) is 26.4 Å². The van der Waals surface area contributed by atoms with Gasteiger partial charge < -0.3 is 9.64 Å². The SMILES string of the molecule is O=C(C1CCC1)N1CCc2cc(S(=O)(=O)Nc3ccc(OC(F)(F)F)cc3)ccc21. The van der Waals surface area contributed by atoms with Crippen LogP contribution < -0.4 is 14.4 Å². The molecule has 1 amide bonds. The number of nitrogens with zero attached hydrogens (tertiary/aromatic N) is 1. The van der Waals surface area contributed by atoms with Crippen LogP contribution in [0.4, 0.5) is 24.5 Å². The lowest BCUT2D eigenvalue weighted by Crippen LogP contribution is -2.37. The normalized spacial score (nSPS) is 16.7. The highest BCUT2D eigenvalue weighted by atomic mass is 32.2. The Labute approximate surface area is 171 Å². The Kier molecular flexibility index (Phi) is 5.13. The summed E-state index contributed by atoms with van der Waals surface area (Å²) in [5.41, 5.74) is 1.62. The van der Waals surface area contributed by atoms with Gasteiger partial charge in [-0.2, -0.15) is 0 Å². The third-order valence-corrected chi connectivity index (χ3v) is 6.70. The van der Waals surface area contributed by atoms with E-state index in [1.54, 1.807) is 11.0 Å². The minimum Gasteiger partial charge on any atom is -0.406 e. The zero-order valence-corrected chi connectivity index (χ0v) is 16.6. The summed E-state index contributed by atoms with van der Waals surface area (Å²) < 4.78 is 68.2. The van der Waals surface area contributed by atoms with Crippen LogP contribution in [0.3, 0.4) is 0 Å². The van der Waals surface area contributed by atoms with Gasteiger partial charge in [0, 0.05) is 23.8 Å². The maximum absolute atomic E-state index is 12.7. The Morgan fingerprint density at radius 2 is 1.80 bits per heavy atom. The Balaban J connectivity index is 1.49. The van der Waals surface area contributed by atoms with Crippen LogP contribution in [0.15, 0.2) is 47.4 Å². The first-order valence-electron chi connectivity index (χ1n) is 9.45. The number of fused-ring (bicyclic) bond motifs is 1. The summed E-state index contributed by atoms with van der Waals surface area (Å²) in [4.78, 5) is 14.3. The molecule has 0 unspecified atom stereocenters. The molecule has 30 heavy (non-hydrogen) atoms. The predicted octanol–water partition coefficient (Wildman–Crippen LogP) is 4.08. The molecule has 0 radical (unpaired) electrons. The number of hydrogen-bond donors (Lipinski definition) is 1. The second-order valence-corrected chi connectivity index (χ2v) is 9.02. The van der Waals surface area contributed by atoms with Gasteiger partial charge in [0.05, 0.1) is 4.90 Å². The van der Waals surface area contributed by atoms with Crippen LogP contribution in [0.1, 0.15) is 24.8 Å². The van der Waals surface area contributed by atoms with Crippen molar-refractivity contribution in [2.75, 3.05) is 16.2 Å². The molecule has 1 fully saturated rings. The van der Waals surface area contributed by atoms with Gasteiger partial charge in [-0.1, -0.05) is 6.42 Å². The monoisotopic (exact) mass is 440 g/mol. The van der Waals surface area contributed by atoms with Gasteiger partial charge in [-0.25, -0.2) is 8.42 Å². The van der Waals surface area contributed by atoms with Crippen LogP contribution in [-0.2, 0) is 21.2 Å². The number of nitrogens with one attached hydrogen (secondary N) is 1. The number of benzene rings is 2. The predicted molar refractivity (Wildman–Crippen MR) is 104 cm³/mol. The average Bonchev–Trinajstić information content (AvgIpc) is 3.03. The number of carbonyl (C=O) groups excluding carboxylic acids is 1. The summed E-state index contributed by atoms with van der Waals surface area (Å²) >= 11 is 0. The molecular weight excluding hydrogens is 421 g/mol. The molecule has 0 aromatic heterocycles. The van der Waals surface area contributed by atoms with Gasteiger partial charge in [0.25, 0.3) is 10.0 Å². The third kappa shape index (κ3) is 4.23. The highest BCUT2D eigenvalue weighted by Crippen LogP contribution is 2.36. The minimum atomic E-state index is -4.82. The number of anilines is 2. The number of carbonyl (C=O) groups is 1. The highest BCUT2D eigenvalue weighted by molar-refractivity contribution is 7.92. The van der Waals surface area contributed by atoms with Crippen LogP contribution in [0.5, 0.6) is 5.75 Å². The smallest absolute Gasteiger partial charge is 0.406 e. The van der Waals surface area contributed by atoms with Crippen LogP contribution in [-0.4, -0.2) is 27.2 Å². The molecule has 1 aliphatic carbocycles. The average molecular weight is 440 g/mol. The van der Waals surface area contributed by atoms with Gasteiger partial charge >= 0.3 is 6.36 Å². The Morgan fingerprint density at radius 1 is 1.10 bits per heavy atom. The van der Waals surface area contributed by atoms with Gasteiger partial charge in [0.15, 0.2) is 0 Å². The van der Waals surface area contributed by atoms with Gasteiger partial charge in [-0.05, 0) is 67.3 Å². The van der Waals surface area contributed by atoms with Crippen molar-refractivity contribution in [3.05, 3.63) is 48.0 Å². The van der Waals surface area contributed by atoms with E-state index in [0.717, 1.165) is 42.6 Å². The molecule has 160 valence electrons. The molecule has 0 spiro atoms. The van der Waals surface area contributed by atoms with Crippen LogP contribution in [0.2, 0.25) is 0 Å². The number of sulfonamides is 1. The van der Waals surface area contributed by atoms with E-state index in [-0.39, 0.29) is 22.4 Å². The summed E-state index contributed by atoms with van der Waals surface area (Å²) in [6.07, 6.45) is -1.40. The number of amides is 1. The van der Waals surface area contributed by atoms with Crippen LogP contribution in [0.25, 0.3) is 0 Å². The molecule has 6 nitrogen and oxygen atoms in total. The van der Waals surface area contributed by atoms with Crippen molar-refractivity contribution < 1.29 is 31.1 Å². The molecule has 2 aromatic rings. The number of hydrogen-bond acceptors (Lipinski definition) is 4. The summed E-state index contributed by atoms with van der Waals surface area (Å²) in [5, 5.41) is 0. The Hall–Kier alpha value is -2.75. The number of rotatable bonds is 5. The largest absolute Gasteiger partial charge is 0.573 e. The minimum absolute atomic E-state index is 0.0230. The van der Waals surface area contributed by atoms with Crippen molar-refractivity contribution in [1.29, 1.82) is 0 Å². The lowest BCUT2D eigenvalue weighted by molar-refractivity contribution is -0.274. The highest BCUT2D eigenvalue weighted by Gasteiger charge is 2.34. The molecule has 4 rings (SSSR count). The van der Waals surface area contributed by atoms with Crippen molar-refractivity contribution in [1.82, 2.24) is 0 Å². The van der Waals surface area contributed by atoms with Crippen molar-refractivity contribution in [3.63, 3.8) is 0 Å². The fraction of sp³-hybridized carbons (Fsp3) is 0.350. The van der Waals surface area contributed by atoms with E-state index in [1.807, 2.05) is 0 Å². The Bertz CT molecular complexity index is 1060. The lowest BCUT2D eigenvalue weighted by Gasteiger charge is -2.29. The number of alkyl halides is 3. The molecule has 0 bridgehead atoms. The maximum Gasteiger partial charge on any atom is 0.573 e. The lowest BCUT2D eigenvalue weighted by atomic mass is 9.84. The zero-order valence-electron chi connectivity index (χ0n) is 15.8. The molecule has 1 saturated carbocycles. The molecular formula is C20H19F3N2O4S. The van der Waals surface area contributed by atoms with E-state index in [4.69, 9.17) is 0 Å². The molecule has 10 heteroatoms. The van der Waals surface area contributed by atoms with Gasteiger partial charge in [-0.3, -0.25) is 9.52 Å². The first-order chi connectivity index (χ1) is 14.1. The van der Waals surface area contributed by atoms with Crippen molar-refractivity contribution >= 4 is 27.3 Å². The fourth-order valence-electron chi connectivity index (χ4n) is 3.59. The summed E-state index contributed by atoms with van der Waals surface area (Å²) in [7, 11) is -3.95. The van der Waals surface area contributed by atoms with E-state index < -0.39 is 22.1 Å². The summed E-state index contributed by atoms with van der Waals surface area (Å²) in [5.74, 6) is -0.292.